The van der Waals surface area contributed by atoms with Crippen molar-refractivity contribution >= 4 is 11.9 Å². The van der Waals surface area contributed by atoms with E-state index in [2.05, 4.69) is 0 Å². The van der Waals surface area contributed by atoms with Gasteiger partial charge in [0.25, 0.3) is 0 Å². The Hall–Kier alpha value is -1.97. The van der Waals surface area contributed by atoms with Gasteiger partial charge in [0.15, 0.2) is 5.60 Å². The summed E-state index contributed by atoms with van der Waals surface area (Å²) in [6.07, 6.45) is 4.29. The first kappa shape index (κ1) is 12.5. The molecule has 0 radical (unpaired) electrons. The van der Waals surface area contributed by atoms with Crippen LogP contribution in [0.2, 0.25) is 0 Å². The van der Waals surface area contributed by atoms with Gasteiger partial charge in [0.2, 0.25) is 5.78 Å². The molecule has 0 unspecified atom stereocenters. The largest absolute Gasteiger partial charge is 0.480 e. The Bertz CT molecular complexity index is 557. The molecular formula is C14H12F2O2. The topological polar surface area (TPSA) is 26.3 Å². The molecule has 1 aromatic carbocycles. The van der Waals surface area contributed by atoms with E-state index in [9.17, 15) is 13.6 Å². The second kappa shape index (κ2) is 4.37. The van der Waals surface area contributed by atoms with E-state index in [4.69, 9.17) is 4.74 Å². The van der Waals surface area contributed by atoms with Crippen molar-refractivity contribution in [3.05, 3.63) is 53.3 Å². The first-order chi connectivity index (χ1) is 8.38. The SMILES string of the molecule is CC1(C)OC(C=Cc2ccc(F)cc2F)=CC1=O. The third-order valence-corrected chi connectivity index (χ3v) is 2.63. The molecular weight excluding hydrogens is 238 g/mol. The molecule has 0 aromatic heterocycles. The number of ketones is 1. The Labute approximate surface area is 104 Å². The fraction of sp³-hybridized carbons (Fsp3) is 0.214. The minimum atomic E-state index is -0.874. The number of carbonyl (C=O) groups is 1. The van der Waals surface area contributed by atoms with Gasteiger partial charge in [-0.2, -0.15) is 0 Å². The fourth-order valence-electron chi connectivity index (χ4n) is 1.57. The van der Waals surface area contributed by atoms with Crippen LogP contribution in [0.25, 0.3) is 6.08 Å². The minimum absolute atomic E-state index is 0.137. The van der Waals surface area contributed by atoms with Gasteiger partial charge in [-0.3, -0.25) is 4.79 Å². The van der Waals surface area contributed by atoms with Crippen molar-refractivity contribution < 1.29 is 18.3 Å². The zero-order chi connectivity index (χ0) is 13.3. The van der Waals surface area contributed by atoms with Crippen LogP contribution in [0.15, 0.2) is 36.1 Å². The maximum absolute atomic E-state index is 13.3. The average Bonchev–Trinajstić information content (AvgIpc) is 2.51. The van der Waals surface area contributed by atoms with E-state index in [-0.39, 0.29) is 11.3 Å². The van der Waals surface area contributed by atoms with Crippen molar-refractivity contribution in [2.24, 2.45) is 0 Å². The fourth-order valence-corrected chi connectivity index (χ4v) is 1.57. The minimum Gasteiger partial charge on any atom is -0.480 e. The van der Waals surface area contributed by atoms with Gasteiger partial charge in [-0.15, -0.1) is 0 Å². The lowest BCUT2D eigenvalue weighted by atomic mass is 10.1. The summed E-state index contributed by atoms with van der Waals surface area (Å²) < 4.78 is 31.4. The molecule has 0 N–H and O–H groups in total. The molecule has 0 bridgehead atoms. The van der Waals surface area contributed by atoms with E-state index >= 15 is 0 Å². The highest BCUT2D eigenvalue weighted by Gasteiger charge is 2.33. The van der Waals surface area contributed by atoms with Crippen LogP contribution < -0.4 is 0 Å². The second-order valence-corrected chi connectivity index (χ2v) is 4.52. The number of halogens is 2. The molecule has 1 heterocycles. The van der Waals surface area contributed by atoms with Crippen molar-refractivity contribution in [3.63, 3.8) is 0 Å². The molecule has 4 heteroatoms. The monoisotopic (exact) mass is 250 g/mol. The standard InChI is InChI=1S/C14H12F2O2/c1-14(2)13(17)8-11(18-14)6-4-9-3-5-10(15)7-12(9)16/h3-8H,1-2H3. The summed E-state index contributed by atoms with van der Waals surface area (Å²) >= 11 is 0. The van der Waals surface area contributed by atoms with Gasteiger partial charge >= 0.3 is 0 Å². The zero-order valence-electron chi connectivity index (χ0n) is 10.0. The van der Waals surface area contributed by atoms with Crippen LogP contribution >= 0.6 is 0 Å². The van der Waals surface area contributed by atoms with Gasteiger partial charge in [0, 0.05) is 17.7 Å². The number of benzene rings is 1. The maximum Gasteiger partial charge on any atom is 0.202 e. The molecule has 0 saturated heterocycles. The normalized spacial score (nSPS) is 18.0. The quantitative estimate of drug-likeness (QED) is 0.805. The number of rotatable bonds is 2. The number of hydrogen-bond donors (Lipinski definition) is 0. The summed E-state index contributed by atoms with van der Waals surface area (Å²) in [5.41, 5.74) is -0.640. The van der Waals surface area contributed by atoms with Crippen LogP contribution in [0.1, 0.15) is 19.4 Å². The van der Waals surface area contributed by atoms with Crippen molar-refractivity contribution in [1.82, 2.24) is 0 Å². The summed E-state index contributed by atoms with van der Waals surface area (Å²) in [6, 6.07) is 3.30. The molecule has 2 rings (SSSR count). The average molecular weight is 250 g/mol. The molecule has 1 aliphatic rings. The Morgan fingerprint density at radius 3 is 2.50 bits per heavy atom. The number of ether oxygens (including phenoxy) is 1. The molecule has 0 spiro atoms. The molecule has 0 amide bonds. The van der Waals surface area contributed by atoms with Crippen molar-refractivity contribution in [2.45, 2.75) is 19.4 Å². The van der Waals surface area contributed by atoms with Gasteiger partial charge in [-0.1, -0.05) is 0 Å². The molecule has 1 aliphatic heterocycles. The predicted octanol–water partition coefficient (Wildman–Crippen LogP) is 3.24. The lowest BCUT2D eigenvalue weighted by molar-refractivity contribution is -0.126. The van der Waals surface area contributed by atoms with Crippen LogP contribution in [0.3, 0.4) is 0 Å². The summed E-state index contributed by atoms with van der Waals surface area (Å²) in [5, 5.41) is 0. The molecule has 94 valence electrons. The van der Waals surface area contributed by atoms with Crippen molar-refractivity contribution in [1.29, 1.82) is 0 Å². The zero-order valence-corrected chi connectivity index (χ0v) is 10.0. The second-order valence-electron chi connectivity index (χ2n) is 4.52. The van der Waals surface area contributed by atoms with Crippen LogP contribution in [0, 0.1) is 11.6 Å². The first-order valence-corrected chi connectivity index (χ1v) is 5.47. The maximum atomic E-state index is 13.3. The van der Waals surface area contributed by atoms with Gasteiger partial charge < -0.3 is 4.74 Å². The number of carbonyl (C=O) groups excluding carboxylic acids is 1. The lowest BCUT2D eigenvalue weighted by Gasteiger charge is -2.16. The van der Waals surface area contributed by atoms with Gasteiger partial charge in [-0.25, -0.2) is 8.78 Å². The summed E-state index contributed by atoms with van der Waals surface area (Å²) in [4.78, 5) is 11.5. The van der Waals surface area contributed by atoms with E-state index in [0.717, 1.165) is 6.07 Å². The Morgan fingerprint density at radius 2 is 1.94 bits per heavy atom. The van der Waals surface area contributed by atoms with Crippen LogP contribution in [0.4, 0.5) is 8.78 Å². The Balaban J connectivity index is 2.18. The summed E-state index contributed by atoms with van der Waals surface area (Å²) in [6.45, 7) is 3.32. The predicted molar refractivity (Wildman–Crippen MR) is 63.6 cm³/mol. The Morgan fingerprint density at radius 1 is 1.22 bits per heavy atom. The molecule has 2 nitrogen and oxygen atoms in total. The molecule has 0 atom stereocenters. The third-order valence-electron chi connectivity index (χ3n) is 2.63. The van der Waals surface area contributed by atoms with E-state index in [0.29, 0.717) is 5.76 Å². The molecule has 18 heavy (non-hydrogen) atoms. The lowest BCUT2D eigenvalue weighted by Crippen LogP contribution is -2.27. The van der Waals surface area contributed by atoms with Crippen molar-refractivity contribution in [2.75, 3.05) is 0 Å². The highest BCUT2D eigenvalue weighted by molar-refractivity contribution is 5.99. The highest BCUT2D eigenvalue weighted by Crippen LogP contribution is 2.25. The van der Waals surface area contributed by atoms with Crippen LogP contribution in [0.5, 0.6) is 0 Å². The van der Waals surface area contributed by atoms with Crippen molar-refractivity contribution in [3.8, 4) is 0 Å². The smallest absolute Gasteiger partial charge is 0.202 e. The first-order valence-electron chi connectivity index (χ1n) is 5.47. The molecule has 0 saturated carbocycles. The van der Waals surface area contributed by atoms with Gasteiger partial charge in [0.1, 0.15) is 17.4 Å². The third kappa shape index (κ3) is 2.47. The van der Waals surface area contributed by atoms with E-state index in [1.165, 1.54) is 30.4 Å². The number of hydrogen-bond acceptors (Lipinski definition) is 2. The van der Waals surface area contributed by atoms with Gasteiger partial charge in [0.05, 0.1) is 0 Å². The molecule has 1 aromatic rings. The van der Waals surface area contributed by atoms with Gasteiger partial charge in [-0.05, 0) is 38.1 Å². The van der Waals surface area contributed by atoms with E-state index in [1.807, 2.05) is 0 Å². The molecule has 0 fully saturated rings. The van der Waals surface area contributed by atoms with Crippen LogP contribution in [-0.2, 0) is 9.53 Å². The summed E-state index contributed by atoms with van der Waals surface area (Å²) in [5.74, 6) is -1.05. The molecule has 0 aliphatic carbocycles. The number of allylic oxidation sites excluding steroid dienone is 1. The van der Waals surface area contributed by atoms with E-state index < -0.39 is 17.2 Å². The highest BCUT2D eigenvalue weighted by atomic mass is 19.1. The van der Waals surface area contributed by atoms with E-state index in [1.54, 1.807) is 13.8 Å². The van der Waals surface area contributed by atoms with Crippen LogP contribution in [-0.4, -0.2) is 11.4 Å². The Kier molecular flexibility index (Phi) is 3.03. The summed E-state index contributed by atoms with van der Waals surface area (Å²) in [7, 11) is 0.